The maximum atomic E-state index is 12.4. The number of piperidine rings is 1. The molecule has 0 unspecified atom stereocenters. The standard InChI is InChI=1S/C24H31ClN2O2/c1-2-3-19-6-10-23(11-7-19)29-17-14-26-24(28)21-12-15-27(16-13-21)18-20-4-8-22(25)9-5-20/h4-11,21H,2-3,12-18H2,1H3,(H,26,28). The van der Waals surface area contributed by atoms with Gasteiger partial charge in [-0.25, -0.2) is 0 Å². The summed E-state index contributed by atoms with van der Waals surface area (Å²) in [6.07, 6.45) is 4.04. The molecule has 5 heteroatoms. The number of nitrogens with zero attached hydrogens (tertiary/aromatic N) is 1. The van der Waals surface area contributed by atoms with Crippen molar-refractivity contribution in [3.8, 4) is 5.75 Å². The Morgan fingerprint density at radius 3 is 2.38 bits per heavy atom. The van der Waals surface area contributed by atoms with E-state index >= 15 is 0 Å². The molecule has 2 aromatic rings. The van der Waals surface area contributed by atoms with Crippen molar-refractivity contribution < 1.29 is 9.53 Å². The average Bonchev–Trinajstić information content (AvgIpc) is 2.74. The number of carbonyl (C=O) groups is 1. The minimum atomic E-state index is 0.102. The van der Waals surface area contributed by atoms with Crippen LogP contribution in [0.1, 0.15) is 37.3 Å². The summed E-state index contributed by atoms with van der Waals surface area (Å²) in [5, 5.41) is 3.79. The Morgan fingerprint density at radius 1 is 1.07 bits per heavy atom. The molecule has 156 valence electrons. The number of carbonyl (C=O) groups excluding carboxylic acids is 1. The van der Waals surface area contributed by atoms with Crippen LogP contribution >= 0.6 is 11.6 Å². The largest absolute Gasteiger partial charge is 0.492 e. The van der Waals surface area contributed by atoms with Gasteiger partial charge in [0.1, 0.15) is 12.4 Å². The lowest BCUT2D eigenvalue weighted by molar-refractivity contribution is -0.126. The normalized spacial score (nSPS) is 15.2. The van der Waals surface area contributed by atoms with E-state index in [9.17, 15) is 4.79 Å². The number of halogens is 1. The van der Waals surface area contributed by atoms with E-state index < -0.39 is 0 Å². The Balaban J connectivity index is 1.31. The summed E-state index contributed by atoms with van der Waals surface area (Å²) in [6.45, 7) is 6.02. The predicted molar refractivity (Wildman–Crippen MR) is 118 cm³/mol. The highest BCUT2D eigenvalue weighted by Gasteiger charge is 2.24. The van der Waals surface area contributed by atoms with Gasteiger partial charge in [0, 0.05) is 17.5 Å². The molecule has 1 N–H and O–H groups in total. The van der Waals surface area contributed by atoms with Crippen molar-refractivity contribution in [3.63, 3.8) is 0 Å². The lowest BCUT2D eigenvalue weighted by Crippen LogP contribution is -2.41. The fourth-order valence-corrected chi connectivity index (χ4v) is 3.86. The highest BCUT2D eigenvalue weighted by atomic mass is 35.5. The molecule has 1 saturated heterocycles. The Hall–Kier alpha value is -2.04. The van der Waals surface area contributed by atoms with Gasteiger partial charge in [0.25, 0.3) is 0 Å². The number of aryl methyl sites for hydroxylation is 1. The Labute approximate surface area is 179 Å². The average molecular weight is 415 g/mol. The summed E-state index contributed by atoms with van der Waals surface area (Å²) in [6, 6.07) is 16.2. The van der Waals surface area contributed by atoms with Crippen LogP contribution in [0, 0.1) is 5.92 Å². The van der Waals surface area contributed by atoms with Crippen molar-refractivity contribution in [2.75, 3.05) is 26.2 Å². The fraction of sp³-hybridized carbons (Fsp3) is 0.458. The lowest BCUT2D eigenvalue weighted by atomic mass is 9.95. The molecular formula is C24H31ClN2O2. The van der Waals surface area contributed by atoms with E-state index in [1.807, 2.05) is 24.3 Å². The third kappa shape index (κ3) is 7.06. The van der Waals surface area contributed by atoms with Gasteiger partial charge < -0.3 is 10.1 Å². The first-order valence-electron chi connectivity index (χ1n) is 10.6. The smallest absolute Gasteiger partial charge is 0.223 e. The van der Waals surface area contributed by atoms with Crippen LogP contribution in [-0.2, 0) is 17.8 Å². The van der Waals surface area contributed by atoms with Crippen LogP contribution < -0.4 is 10.1 Å². The molecule has 0 spiro atoms. The summed E-state index contributed by atoms with van der Waals surface area (Å²) in [5.74, 6) is 1.11. The molecule has 2 aromatic carbocycles. The van der Waals surface area contributed by atoms with Crippen LogP contribution in [0.25, 0.3) is 0 Å². The fourth-order valence-electron chi connectivity index (χ4n) is 3.73. The SMILES string of the molecule is CCCc1ccc(OCCNC(=O)C2CCN(Cc3ccc(Cl)cc3)CC2)cc1. The van der Waals surface area contributed by atoms with E-state index in [4.69, 9.17) is 16.3 Å². The number of ether oxygens (including phenoxy) is 1. The molecule has 0 aliphatic carbocycles. The first-order valence-corrected chi connectivity index (χ1v) is 11.0. The third-order valence-corrected chi connectivity index (χ3v) is 5.66. The monoisotopic (exact) mass is 414 g/mol. The summed E-state index contributed by atoms with van der Waals surface area (Å²) in [5.41, 5.74) is 2.59. The van der Waals surface area contributed by atoms with Gasteiger partial charge in [0.2, 0.25) is 5.91 Å². The zero-order valence-corrected chi connectivity index (χ0v) is 18.0. The maximum Gasteiger partial charge on any atom is 0.223 e. The second kappa shape index (κ2) is 11.2. The van der Waals surface area contributed by atoms with Crippen molar-refractivity contribution >= 4 is 17.5 Å². The van der Waals surface area contributed by atoms with Crippen molar-refractivity contribution in [2.24, 2.45) is 5.92 Å². The third-order valence-electron chi connectivity index (χ3n) is 5.41. The van der Waals surface area contributed by atoms with Gasteiger partial charge in [-0.15, -0.1) is 0 Å². The zero-order chi connectivity index (χ0) is 20.5. The van der Waals surface area contributed by atoms with Crippen molar-refractivity contribution in [1.82, 2.24) is 10.2 Å². The highest BCUT2D eigenvalue weighted by Crippen LogP contribution is 2.20. The Kier molecular flexibility index (Phi) is 8.38. The highest BCUT2D eigenvalue weighted by molar-refractivity contribution is 6.30. The minimum absolute atomic E-state index is 0.102. The molecule has 0 saturated carbocycles. The molecule has 4 nitrogen and oxygen atoms in total. The van der Waals surface area contributed by atoms with E-state index in [0.717, 1.165) is 56.1 Å². The van der Waals surface area contributed by atoms with Gasteiger partial charge in [-0.05, 0) is 67.7 Å². The first kappa shape index (κ1) is 21.7. The molecule has 1 aliphatic heterocycles. The molecule has 29 heavy (non-hydrogen) atoms. The summed E-state index contributed by atoms with van der Waals surface area (Å²) >= 11 is 5.95. The second-order valence-electron chi connectivity index (χ2n) is 7.71. The molecule has 0 aromatic heterocycles. The molecule has 3 rings (SSSR count). The van der Waals surface area contributed by atoms with Gasteiger partial charge in [0.15, 0.2) is 0 Å². The van der Waals surface area contributed by atoms with Crippen molar-refractivity contribution in [1.29, 1.82) is 0 Å². The van der Waals surface area contributed by atoms with E-state index in [-0.39, 0.29) is 11.8 Å². The summed E-state index contributed by atoms with van der Waals surface area (Å²) in [4.78, 5) is 14.8. The maximum absolute atomic E-state index is 12.4. The van der Waals surface area contributed by atoms with Crippen LogP contribution in [0.15, 0.2) is 48.5 Å². The number of amides is 1. The van der Waals surface area contributed by atoms with Crippen LogP contribution in [0.4, 0.5) is 0 Å². The second-order valence-corrected chi connectivity index (χ2v) is 8.15. The zero-order valence-electron chi connectivity index (χ0n) is 17.2. The number of rotatable bonds is 9. The van der Waals surface area contributed by atoms with Crippen LogP contribution in [0.3, 0.4) is 0 Å². The van der Waals surface area contributed by atoms with E-state index in [1.54, 1.807) is 0 Å². The van der Waals surface area contributed by atoms with Gasteiger partial charge in [-0.3, -0.25) is 9.69 Å². The van der Waals surface area contributed by atoms with E-state index in [1.165, 1.54) is 11.1 Å². The van der Waals surface area contributed by atoms with Crippen LogP contribution in [-0.4, -0.2) is 37.0 Å². The Morgan fingerprint density at radius 2 is 1.72 bits per heavy atom. The van der Waals surface area contributed by atoms with Crippen molar-refractivity contribution in [3.05, 3.63) is 64.7 Å². The Bertz CT molecular complexity index is 753. The number of hydrogen-bond acceptors (Lipinski definition) is 3. The molecule has 0 radical (unpaired) electrons. The molecule has 1 heterocycles. The molecule has 1 fully saturated rings. The van der Waals surface area contributed by atoms with Gasteiger partial charge in [0.05, 0.1) is 6.54 Å². The number of benzene rings is 2. The lowest BCUT2D eigenvalue weighted by Gasteiger charge is -2.31. The van der Waals surface area contributed by atoms with Crippen LogP contribution in [0.2, 0.25) is 5.02 Å². The summed E-state index contributed by atoms with van der Waals surface area (Å²) < 4.78 is 5.74. The topological polar surface area (TPSA) is 41.6 Å². The van der Waals surface area contributed by atoms with E-state index in [2.05, 4.69) is 41.4 Å². The molecule has 0 bridgehead atoms. The number of nitrogens with one attached hydrogen (secondary N) is 1. The van der Waals surface area contributed by atoms with Gasteiger partial charge >= 0.3 is 0 Å². The number of likely N-dealkylation sites (tertiary alicyclic amines) is 1. The van der Waals surface area contributed by atoms with Gasteiger partial charge in [-0.2, -0.15) is 0 Å². The molecule has 0 atom stereocenters. The quantitative estimate of drug-likeness (QED) is 0.604. The van der Waals surface area contributed by atoms with Crippen molar-refractivity contribution in [2.45, 2.75) is 39.2 Å². The molecule has 1 aliphatic rings. The minimum Gasteiger partial charge on any atom is -0.492 e. The van der Waals surface area contributed by atoms with Gasteiger partial charge in [-0.1, -0.05) is 49.2 Å². The van der Waals surface area contributed by atoms with E-state index in [0.29, 0.717) is 13.2 Å². The van der Waals surface area contributed by atoms with Crippen LogP contribution in [0.5, 0.6) is 5.75 Å². The summed E-state index contributed by atoms with van der Waals surface area (Å²) in [7, 11) is 0. The number of hydrogen-bond donors (Lipinski definition) is 1. The predicted octanol–water partition coefficient (Wildman–Crippen LogP) is 4.70. The first-order chi connectivity index (χ1) is 14.1. The molecule has 1 amide bonds. The molecular weight excluding hydrogens is 384 g/mol.